The van der Waals surface area contributed by atoms with Gasteiger partial charge in [-0.3, -0.25) is 0 Å². The predicted octanol–water partition coefficient (Wildman–Crippen LogP) is 5.90. The van der Waals surface area contributed by atoms with Crippen LogP contribution in [0.15, 0.2) is 36.4 Å². The third-order valence-electron chi connectivity index (χ3n) is 6.56. The van der Waals surface area contributed by atoms with Crippen LogP contribution >= 0.6 is 11.6 Å². The maximum Gasteiger partial charge on any atom is 0.102 e. The van der Waals surface area contributed by atoms with Crippen LogP contribution in [0.5, 0.6) is 0 Å². The Labute approximate surface area is 165 Å². The van der Waals surface area contributed by atoms with Gasteiger partial charge in [-0.05, 0) is 69.2 Å². The van der Waals surface area contributed by atoms with Crippen LogP contribution in [0.1, 0.15) is 56.3 Å². The monoisotopic (exact) mass is 377 g/mol. The first-order chi connectivity index (χ1) is 13.2. The zero-order valence-electron chi connectivity index (χ0n) is 15.7. The van der Waals surface area contributed by atoms with Crippen molar-refractivity contribution in [3.8, 4) is 6.07 Å². The Kier molecular flexibility index (Phi) is 4.06. The molecule has 0 unspecified atom stereocenters. The number of benzene rings is 1. The first-order valence-corrected chi connectivity index (χ1v) is 10.4. The van der Waals surface area contributed by atoms with Gasteiger partial charge >= 0.3 is 0 Å². The SMILES string of the molecule is C[C@@H](C1CC1)N1CC=CC=C1c1c(C#N)c2ccc(Cl)cc2n1C1CCC1. The lowest BCUT2D eigenvalue weighted by Gasteiger charge is -2.37. The number of nitriles is 1. The first-order valence-electron chi connectivity index (χ1n) is 10.1. The molecule has 0 N–H and O–H groups in total. The molecule has 0 spiro atoms. The number of hydrogen-bond donors (Lipinski definition) is 0. The molecule has 0 amide bonds. The third kappa shape index (κ3) is 2.70. The number of aromatic nitrogens is 1. The Morgan fingerprint density at radius 2 is 2.04 bits per heavy atom. The summed E-state index contributed by atoms with van der Waals surface area (Å²) in [6.45, 7) is 3.26. The highest BCUT2D eigenvalue weighted by molar-refractivity contribution is 6.31. The molecule has 2 heterocycles. The van der Waals surface area contributed by atoms with Crippen molar-refractivity contribution >= 4 is 28.2 Å². The molecule has 3 aliphatic rings. The Bertz CT molecular complexity index is 999. The van der Waals surface area contributed by atoms with Gasteiger partial charge in [-0.25, -0.2) is 0 Å². The fraction of sp³-hybridized carbons (Fsp3) is 0.435. The molecule has 3 nitrogen and oxygen atoms in total. The second-order valence-corrected chi connectivity index (χ2v) is 8.60. The summed E-state index contributed by atoms with van der Waals surface area (Å²) in [6.07, 6.45) is 12.8. The maximum absolute atomic E-state index is 10.1. The maximum atomic E-state index is 10.1. The number of nitrogens with zero attached hydrogens (tertiary/aromatic N) is 3. The fourth-order valence-electron chi connectivity index (χ4n) is 4.63. The Balaban J connectivity index is 1.74. The highest BCUT2D eigenvalue weighted by Crippen LogP contribution is 2.44. The minimum Gasteiger partial charge on any atom is -0.363 e. The summed E-state index contributed by atoms with van der Waals surface area (Å²) in [5.41, 5.74) is 4.19. The van der Waals surface area contributed by atoms with Crippen LogP contribution in [0.3, 0.4) is 0 Å². The molecule has 2 saturated carbocycles. The molecular weight excluding hydrogens is 354 g/mol. The van der Waals surface area contributed by atoms with E-state index in [2.05, 4.69) is 40.7 Å². The average Bonchev–Trinajstić information content (AvgIpc) is 3.44. The molecule has 0 saturated heterocycles. The lowest BCUT2D eigenvalue weighted by atomic mass is 9.92. The van der Waals surface area contributed by atoms with Crippen molar-refractivity contribution in [3.63, 3.8) is 0 Å². The highest BCUT2D eigenvalue weighted by Gasteiger charge is 2.36. The predicted molar refractivity (Wildman–Crippen MR) is 111 cm³/mol. The molecule has 138 valence electrons. The van der Waals surface area contributed by atoms with Crippen LogP contribution in [0.2, 0.25) is 5.02 Å². The summed E-state index contributed by atoms with van der Waals surface area (Å²) < 4.78 is 2.42. The van der Waals surface area contributed by atoms with Crippen molar-refractivity contribution in [1.29, 1.82) is 5.26 Å². The van der Waals surface area contributed by atoms with E-state index in [4.69, 9.17) is 11.6 Å². The molecular formula is C23H24ClN3. The number of rotatable bonds is 4. The van der Waals surface area contributed by atoms with E-state index in [1.165, 1.54) is 37.8 Å². The average molecular weight is 378 g/mol. The van der Waals surface area contributed by atoms with Gasteiger partial charge < -0.3 is 9.47 Å². The second kappa shape index (κ2) is 6.46. The van der Waals surface area contributed by atoms with Crippen molar-refractivity contribution < 1.29 is 0 Å². The molecule has 2 aliphatic carbocycles. The van der Waals surface area contributed by atoms with Crippen molar-refractivity contribution in [2.24, 2.45) is 5.92 Å². The molecule has 27 heavy (non-hydrogen) atoms. The second-order valence-electron chi connectivity index (χ2n) is 8.16. The van der Waals surface area contributed by atoms with Gasteiger partial charge in [0.25, 0.3) is 0 Å². The van der Waals surface area contributed by atoms with Crippen LogP contribution < -0.4 is 0 Å². The topological polar surface area (TPSA) is 32.0 Å². The van der Waals surface area contributed by atoms with Crippen molar-refractivity contribution in [2.45, 2.75) is 51.1 Å². The van der Waals surface area contributed by atoms with Crippen molar-refractivity contribution in [1.82, 2.24) is 9.47 Å². The molecule has 1 aromatic carbocycles. The van der Waals surface area contributed by atoms with Crippen molar-refractivity contribution in [2.75, 3.05) is 6.54 Å². The summed E-state index contributed by atoms with van der Waals surface area (Å²) in [7, 11) is 0. The van der Waals surface area contributed by atoms with E-state index < -0.39 is 0 Å². The van der Waals surface area contributed by atoms with Crippen LogP contribution in [0, 0.1) is 17.2 Å². The largest absolute Gasteiger partial charge is 0.363 e. The minimum absolute atomic E-state index is 0.466. The summed E-state index contributed by atoms with van der Waals surface area (Å²) in [5.74, 6) is 0.779. The van der Waals surface area contributed by atoms with Gasteiger partial charge in [-0.1, -0.05) is 23.8 Å². The van der Waals surface area contributed by atoms with Gasteiger partial charge in [0.15, 0.2) is 0 Å². The molecule has 4 heteroatoms. The lowest BCUT2D eigenvalue weighted by molar-refractivity contribution is 0.293. The lowest BCUT2D eigenvalue weighted by Crippen LogP contribution is -2.36. The van der Waals surface area contributed by atoms with E-state index in [1.807, 2.05) is 18.2 Å². The van der Waals surface area contributed by atoms with E-state index in [9.17, 15) is 5.26 Å². The number of fused-ring (bicyclic) bond motifs is 1. The zero-order chi connectivity index (χ0) is 18.5. The number of hydrogen-bond acceptors (Lipinski definition) is 2. The number of allylic oxidation sites excluding steroid dienone is 2. The van der Waals surface area contributed by atoms with Gasteiger partial charge in [0.2, 0.25) is 0 Å². The van der Waals surface area contributed by atoms with Crippen LogP contribution in [0.25, 0.3) is 16.6 Å². The van der Waals surface area contributed by atoms with Gasteiger partial charge in [-0.2, -0.15) is 5.26 Å². The smallest absolute Gasteiger partial charge is 0.102 e. The van der Waals surface area contributed by atoms with Gasteiger partial charge in [0, 0.05) is 29.0 Å². The van der Waals surface area contributed by atoms with Crippen LogP contribution in [-0.4, -0.2) is 22.1 Å². The zero-order valence-corrected chi connectivity index (χ0v) is 16.4. The Morgan fingerprint density at radius 1 is 1.22 bits per heavy atom. The summed E-state index contributed by atoms with van der Waals surface area (Å²) in [6, 6.07) is 9.45. The standard InChI is InChI=1S/C23H24ClN3/c1-15(16-8-9-16)26-12-3-2-7-21(26)23-20(14-25)19-11-10-17(24)13-22(19)27(23)18-5-4-6-18/h2-3,7,10-11,13,15-16,18H,4-6,8-9,12H2,1H3/t15-/m0/s1. The molecule has 2 fully saturated rings. The van der Waals surface area contributed by atoms with Gasteiger partial charge in [0.1, 0.15) is 6.07 Å². The van der Waals surface area contributed by atoms with E-state index in [0.717, 1.165) is 39.6 Å². The fourth-order valence-corrected chi connectivity index (χ4v) is 4.80. The normalized spacial score (nSPS) is 21.1. The molecule has 0 bridgehead atoms. The van der Waals surface area contributed by atoms with Crippen LogP contribution in [0.4, 0.5) is 0 Å². The van der Waals surface area contributed by atoms with Crippen molar-refractivity contribution in [3.05, 3.63) is 52.7 Å². The summed E-state index contributed by atoms with van der Waals surface area (Å²) in [5, 5.41) is 11.8. The molecule has 1 aromatic heterocycles. The van der Waals surface area contributed by atoms with E-state index in [1.54, 1.807) is 0 Å². The quantitative estimate of drug-likeness (QED) is 0.664. The van der Waals surface area contributed by atoms with Crippen LogP contribution in [-0.2, 0) is 0 Å². The molecule has 0 radical (unpaired) electrons. The Hall–Kier alpha value is -2.18. The Morgan fingerprint density at radius 3 is 2.70 bits per heavy atom. The first kappa shape index (κ1) is 17.0. The molecule has 1 atom stereocenters. The van der Waals surface area contributed by atoms with E-state index in [0.29, 0.717) is 12.1 Å². The minimum atomic E-state index is 0.466. The molecule has 2 aromatic rings. The summed E-state index contributed by atoms with van der Waals surface area (Å²) in [4.78, 5) is 2.50. The molecule has 5 rings (SSSR count). The highest BCUT2D eigenvalue weighted by atomic mass is 35.5. The third-order valence-corrected chi connectivity index (χ3v) is 6.79. The van der Waals surface area contributed by atoms with E-state index in [-0.39, 0.29) is 0 Å². The van der Waals surface area contributed by atoms with Gasteiger partial charge in [0.05, 0.1) is 22.5 Å². The molecule has 1 aliphatic heterocycles. The van der Waals surface area contributed by atoms with Gasteiger partial charge in [-0.15, -0.1) is 0 Å². The van der Waals surface area contributed by atoms with E-state index >= 15 is 0 Å². The summed E-state index contributed by atoms with van der Waals surface area (Å²) >= 11 is 6.34. The number of halogens is 1.